The van der Waals surface area contributed by atoms with Gasteiger partial charge in [0.05, 0.1) is 6.54 Å². The molecule has 1 aliphatic rings. The van der Waals surface area contributed by atoms with Crippen molar-refractivity contribution in [1.29, 1.82) is 0 Å². The summed E-state index contributed by atoms with van der Waals surface area (Å²) in [7, 11) is 0. The lowest BCUT2D eigenvalue weighted by Gasteiger charge is -2.13. The van der Waals surface area contributed by atoms with Gasteiger partial charge < -0.3 is 15.8 Å². The highest BCUT2D eigenvalue weighted by Crippen LogP contribution is 2.29. The Hall–Kier alpha value is -2.56. The van der Waals surface area contributed by atoms with Gasteiger partial charge >= 0.3 is 0 Å². The molecule has 5 heteroatoms. The number of carbonyl (C=O) groups excluding carboxylic acids is 1. The number of primary amides is 1. The van der Waals surface area contributed by atoms with Crippen LogP contribution >= 0.6 is 0 Å². The summed E-state index contributed by atoms with van der Waals surface area (Å²) in [5.74, 6) is 0.0541. The maximum Gasteiger partial charge on any atom is 0.248 e. The van der Waals surface area contributed by atoms with E-state index >= 15 is 0 Å². The van der Waals surface area contributed by atoms with E-state index in [4.69, 9.17) is 10.5 Å². The Bertz CT molecular complexity index is 670. The summed E-state index contributed by atoms with van der Waals surface area (Å²) in [4.78, 5) is 11.0. The molecule has 21 heavy (non-hydrogen) atoms. The zero-order valence-electron chi connectivity index (χ0n) is 11.3. The van der Waals surface area contributed by atoms with Crippen molar-refractivity contribution in [2.24, 2.45) is 5.73 Å². The number of benzene rings is 2. The van der Waals surface area contributed by atoms with Crippen LogP contribution in [0.5, 0.6) is 5.75 Å². The lowest BCUT2D eigenvalue weighted by Crippen LogP contribution is -2.24. The second kappa shape index (κ2) is 5.44. The SMILES string of the molecule is NC(=O)c1ccc(NCC2Cc3cc(F)ccc3O2)cc1. The minimum absolute atomic E-state index is 0.0300. The summed E-state index contributed by atoms with van der Waals surface area (Å²) in [5, 5.41) is 3.23. The molecule has 4 nitrogen and oxygen atoms in total. The lowest BCUT2D eigenvalue weighted by molar-refractivity contribution is 0.100. The van der Waals surface area contributed by atoms with Crippen LogP contribution in [0.1, 0.15) is 15.9 Å². The number of rotatable bonds is 4. The van der Waals surface area contributed by atoms with Crippen LogP contribution in [0.25, 0.3) is 0 Å². The molecular formula is C16H15FN2O2. The highest BCUT2D eigenvalue weighted by molar-refractivity contribution is 5.93. The fourth-order valence-corrected chi connectivity index (χ4v) is 2.39. The Morgan fingerprint density at radius 2 is 2.05 bits per heavy atom. The second-order valence-corrected chi connectivity index (χ2v) is 5.02. The summed E-state index contributed by atoms with van der Waals surface area (Å²) in [6.45, 7) is 0.603. The van der Waals surface area contributed by atoms with E-state index in [-0.39, 0.29) is 11.9 Å². The van der Waals surface area contributed by atoms with Crippen molar-refractivity contribution in [2.75, 3.05) is 11.9 Å². The molecule has 0 radical (unpaired) electrons. The minimum atomic E-state index is -0.446. The number of carbonyl (C=O) groups is 1. The van der Waals surface area contributed by atoms with Gasteiger partial charge in [0.1, 0.15) is 17.7 Å². The van der Waals surface area contributed by atoms with Crippen LogP contribution in [0, 0.1) is 5.82 Å². The minimum Gasteiger partial charge on any atom is -0.488 e. The summed E-state index contributed by atoms with van der Waals surface area (Å²) in [5.41, 5.74) is 7.44. The fraction of sp³-hybridized carbons (Fsp3) is 0.188. The highest BCUT2D eigenvalue weighted by atomic mass is 19.1. The molecule has 0 fully saturated rings. The van der Waals surface area contributed by atoms with Crippen molar-refractivity contribution < 1.29 is 13.9 Å². The van der Waals surface area contributed by atoms with E-state index in [1.54, 1.807) is 30.3 Å². The van der Waals surface area contributed by atoms with Crippen LogP contribution in [-0.4, -0.2) is 18.6 Å². The van der Waals surface area contributed by atoms with Gasteiger partial charge in [0.2, 0.25) is 5.91 Å². The van der Waals surface area contributed by atoms with E-state index in [1.807, 2.05) is 0 Å². The maximum absolute atomic E-state index is 13.1. The smallest absolute Gasteiger partial charge is 0.248 e. The largest absolute Gasteiger partial charge is 0.488 e. The van der Waals surface area contributed by atoms with Crippen molar-refractivity contribution in [2.45, 2.75) is 12.5 Å². The Morgan fingerprint density at radius 1 is 1.29 bits per heavy atom. The molecule has 2 aromatic rings. The summed E-state index contributed by atoms with van der Waals surface area (Å²) >= 11 is 0. The third-order valence-electron chi connectivity index (χ3n) is 3.47. The van der Waals surface area contributed by atoms with Crippen molar-refractivity contribution in [3.8, 4) is 5.75 Å². The molecule has 0 saturated heterocycles. The number of hydrogen-bond acceptors (Lipinski definition) is 3. The van der Waals surface area contributed by atoms with E-state index in [1.165, 1.54) is 12.1 Å². The second-order valence-electron chi connectivity index (χ2n) is 5.02. The van der Waals surface area contributed by atoms with E-state index < -0.39 is 5.91 Å². The van der Waals surface area contributed by atoms with Crippen molar-refractivity contribution in [1.82, 2.24) is 0 Å². The highest BCUT2D eigenvalue weighted by Gasteiger charge is 2.22. The van der Waals surface area contributed by atoms with Gasteiger partial charge in [-0.3, -0.25) is 4.79 Å². The zero-order chi connectivity index (χ0) is 14.8. The van der Waals surface area contributed by atoms with Gasteiger partial charge in [0.25, 0.3) is 0 Å². The van der Waals surface area contributed by atoms with E-state index in [0.717, 1.165) is 17.0 Å². The molecule has 1 atom stereocenters. The summed E-state index contributed by atoms with van der Waals surface area (Å²) < 4.78 is 18.9. The lowest BCUT2D eigenvalue weighted by atomic mass is 10.1. The van der Waals surface area contributed by atoms with Crippen molar-refractivity contribution in [3.05, 3.63) is 59.4 Å². The van der Waals surface area contributed by atoms with Crippen LogP contribution < -0.4 is 15.8 Å². The van der Waals surface area contributed by atoms with Gasteiger partial charge in [-0.05, 0) is 42.5 Å². The molecule has 3 rings (SSSR count). The van der Waals surface area contributed by atoms with Gasteiger partial charge in [-0.15, -0.1) is 0 Å². The van der Waals surface area contributed by atoms with Crippen LogP contribution in [0.4, 0.5) is 10.1 Å². The van der Waals surface area contributed by atoms with E-state index in [0.29, 0.717) is 18.5 Å². The number of anilines is 1. The number of nitrogens with one attached hydrogen (secondary N) is 1. The van der Waals surface area contributed by atoms with Gasteiger partial charge in [-0.25, -0.2) is 4.39 Å². The average molecular weight is 286 g/mol. The molecule has 1 aliphatic heterocycles. The standard InChI is InChI=1S/C16H15FN2O2/c17-12-3-6-15-11(7-12)8-14(21-15)9-19-13-4-1-10(2-5-13)16(18)20/h1-7,14,19H,8-9H2,(H2,18,20). The predicted octanol–water partition coefficient (Wildman–Crippen LogP) is 2.34. The molecule has 108 valence electrons. The Morgan fingerprint density at radius 3 is 2.76 bits per heavy atom. The molecule has 0 aromatic heterocycles. The number of halogens is 1. The predicted molar refractivity (Wildman–Crippen MR) is 78.0 cm³/mol. The zero-order valence-corrected chi connectivity index (χ0v) is 11.3. The number of amides is 1. The van der Waals surface area contributed by atoms with Crippen LogP contribution in [-0.2, 0) is 6.42 Å². The third-order valence-corrected chi connectivity index (χ3v) is 3.47. The molecule has 1 amide bonds. The first-order chi connectivity index (χ1) is 10.1. The normalized spacial score (nSPS) is 16.1. The number of nitrogens with two attached hydrogens (primary N) is 1. The Kier molecular flexibility index (Phi) is 3.48. The van der Waals surface area contributed by atoms with Crippen LogP contribution in [0.2, 0.25) is 0 Å². The first-order valence-electron chi connectivity index (χ1n) is 6.70. The first kappa shape index (κ1) is 13.4. The van der Waals surface area contributed by atoms with Crippen molar-refractivity contribution in [3.63, 3.8) is 0 Å². The monoisotopic (exact) mass is 286 g/mol. The van der Waals surface area contributed by atoms with Gasteiger partial charge in [0, 0.05) is 23.2 Å². The average Bonchev–Trinajstić information content (AvgIpc) is 2.87. The van der Waals surface area contributed by atoms with E-state index in [9.17, 15) is 9.18 Å². The van der Waals surface area contributed by atoms with Crippen LogP contribution in [0.15, 0.2) is 42.5 Å². The molecule has 2 aromatic carbocycles. The van der Waals surface area contributed by atoms with Gasteiger partial charge in [0.15, 0.2) is 0 Å². The Labute approximate surface area is 121 Å². The number of fused-ring (bicyclic) bond motifs is 1. The third kappa shape index (κ3) is 2.97. The van der Waals surface area contributed by atoms with E-state index in [2.05, 4.69) is 5.32 Å². The van der Waals surface area contributed by atoms with Gasteiger partial charge in [-0.2, -0.15) is 0 Å². The Balaban J connectivity index is 1.58. The van der Waals surface area contributed by atoms with Crippen molar-refractivity contribution >= 4 is 11.6 Å². The first-order valence-corrected chi connectivity index (χ1v) is 6.70. The van der Waals surface area contributed by atoms with Gasteiger partial charge in [-0.1, -0.05) is 0 Å². The molecule has 0 aliphatic carbocycles. The number of ether oxygens (including phenoxy) is 1. The summed E-state index contributed by atoms with van der Waals surface area (Å²) in [6, 6.07) is 11.5. The molecule has 0 saturated carbocycles. The molecular weight excluding hydrogens is 271 g/mol. The maximum atomic E-state index is 13.1. The molecule has 3 N–H and O–H groups in total. The summed E-state index contributed by atoms with van der Waals surface area (Å²) in [6.07, 6.45) is 0.650. The molecule has 0 spiro atoms. The fourth-order valence-electron chi connectivity index (χ4n) is 2.39. The number of hydrogen-bond donors (Lipinski definition) is 2. The molecule has 1 unspecified atom stereocenters. The molecule has 0 bridgehead atoms. The topological polar surface area (TPSA) is 64.4 Å². The molecule has 1 heterocycles. The van der Waals surface area contributed by atoms with Crippen LogP contribution in [0.3, 0.4) is 0 Å². The quantitative estimate of drug-likeness (QED) is 0.906.